The minimum absolute atomic E-state index is 0.0258. The van der Waals surface area contributed by atoms with Gasteiger partial charge in [-0.2, -0.15) is 0 Å². The summed E-state index contributed by atoms with van der Waals surface area (Å²) in [7, 11) is 4.67. The minimum Gasteiger partial charge on any atom is -0.510 e. The number of methoxy groups -OCH3 is 1. The van der Waals surface area contributed by atoms with Crippen LogP contribution in [-0.2, 0) is 29.1 Å². The Bertz CT molecular complexity index is 1940. The first-order valence-corrected chi connectivity index (χ1v) is 15.4. The smallest absolute Gasteiger partial charge is 0.255 e. The first-order valence-electron chi connectivity index (χ1n) is 15.4. The van der Waals surface area contributed by atoms with Gasteiger partial charge >= 0.3 is 0 Å². The van der Waals surface area contributed by atoms with Crippen molar-refractivity contribution in [1.29, 1.82) is 0 Å². The van der Waals surface area contributed by atoms with Crippen LogP contribution in [-0.4, -0.2) is 75.6 Å². The fourth-order valence-electron chi connectivity index (χ4n) is 7.58. The van der Waals surface area contributed by atoms with E-state index in [9.17, 15) is 39.2 Å². The second-order valence-corrected chi connectivity index (χ2v) is 12.7. The molecular formula is C36H36FN3O8. The van der Waals surface area contributed by atoms with Gasteiger partial charge in [0.15, 0.2) is 11.4 Å². The van der Waals surface area contributed by atoms with E-state index in [1.165, 1.54) is 30.2 Å². The highest BCUT2D eigenvalue weighted by Crippen LogP contribution is 2.53. The molecule has 0 aromatic heterocycles. The standard InChI is InChI=1S/C36H36FN3O8/c1-40(2)30-24-14-19-13-23-21(22-12-18(7-10-26(22)48-3)16-39-15-17-5-4-6-20(37)11-17)8-9-25(41)28(23)31(42)27(19)33(44)36(24,47)34(45)29(32(30)43)35(38)46/h4-12,19,24,30,39,41,43-44,47H,13-16H2,1-3H3,(H2,38,46)/t19-,24-,30-,36-/m1/s1. The van der Waals surface area contributed by atoms with Crippen molar-refractivity contribution in [2.75, 3.05) is 21.2 Å². The lowest BCUT2D eigenvalue weighted by Crippen LogP contribution is -2.63. The molecule has 0 unspecified atom stereocenters. The molecule has 0 bridgehead atoms. The van der Waals surface area contributed by atoms with E-state index in [1.807, 2.05) is 18.2 Å². The third-order valence-corrected chi connectivity index (χ3v) is 9.71. The number of aliphatic hydroxyl groups excluding tert-OH is 2. The van der Waals surface area contributed by atoms with E-state index in [2.05, 4.69) is 5.32 Å². The molecule has 48 heavy (non-hydrogen) atoms. The highest BCUT2D eigenvalue weighted by atomic mass is 19.1. The van der Waals surface area contributed by atoms with Gasteiger partial charge in [-0.05, 0) is 85.4 Å². The predicted molar refractivity (Wildman–Crippen MR) is 173 cm³/mol. The van der Waals surface area contributed by atoms with Gasteiger partial charge in [0, 0.05) is 30.1 Å². The van der Waals surface area contributed by atoms with Crippen molar-refractivity contribution in [2.24, 2.45) is 17.6 Å². The van der Waals surface area contributed by atoms with E-state index in [-0.39, 0.29) is 35.5 Å². The average molecular weight is 658 g/mol. The van der Waals surface area contributed by atoms with Gasteiger partial charge in [0.05, 0.1) is 18.7 Å². The number of aliphatic hydroxyl groups is 3. The van der Waals surface area contributed by atoms with Crippen molar-refractivity contribution < 1.29 is 43.9 Å². The van der Waals surface area contributed by atoms with Crippen LogP contribution in [0.1, 0.15) is 33.5 Å². The second kappa shape index (κ2) is 12.2. The SMILES string of the molecule is COc1ccc(CNCc2cccc(F)c2)cc1-c1ccc(O)c2c1C[C@@H]1C[C@@H]3[C@@H](N(C)C)C(O)=C(C(N)=O)C(=O)[C@]3(O)C(O)=C1C2=O. The quantitative estimate of drug-likeness (QED) is 0.197. The van der Waals surface area contributed by atoms with E-state index in [0.29, 0.717) is 35.5 Å². The maximum Gasteiger partial charge on any atom is 0.255 e. The topological polar surface area (TPSA) is 183 Å². The maximum atomic E-state index is 14.2. The van der Waals surface area contributed by atoms with Crippen LogP contribution in [0.5, 0.6) is 11.5 Å². The van der Waals surface area contributed by atoms with Crippen molar-refractivity contribution >= 4 is 17.5 Å². The second-order valence-electron chi connectivity index (χ2n) is 12.7. The number of carbonyl (C=O) groups excluding carboxylic acids is 3. The highest BCUT2D eigenvalue weighted by molar-refractivity contribution is 6.25. The number of phenolic OH excluding ortho intramolecular Hbond substituents is 1. The number of primary amides is 1. The lowest BCUT2D eigenvalue weighted by atomic mass is 9.58. The number of hydrogen-bond donors (Lipinski definition) is 6. The number of nitrogens with zero attached hydrogens (tertiary/aromatic N) is 1. The van der Waals surface area contributed by atoms with Gasteiger partial charge in [-0.15, -0.1) is 0 Å². The third kappa shape index (κ3) is 5.13. The largest absolute Gasteiger partial charge is 0.510 e. The van der Waals surface area contributed by atoms with Crippen molar-refractivity contribution in [3.63, 3.8) is 0 Å². The number of carbonyl (C=O) groups is 3. The zero-order valence-electron chi connectivity index (χ0n) is 26.6. The van der Waals surface area contributed by atoms with Crippen LogP contribution in [0, 0.1) is 17.7 Å². The Labute approximate surface area is 275 Å². The summed E-state index contributed by atoms with van der Waals surface area (Å²) >= 11 is 0. The molecule has 250 valence electrons. The first-order chi connectivity index (χ1) is 22.8. The molecule has 0 radical (unpaired) electrons. The number of nitrogens with one attached hydrogen (secondary N) is 1. The number of amides is 1. The van der Waals surface area contributed by atoms with Gasteiger partial charge < -0.3 is 36.2 Å². The molecule has 0 aliphatic heterocycles. The summed E-state index contributed by atoms with van der Waals surface area (Å²) in [6.45, 7) is 0.860. The Morgan fingerprint density at radius 1 is 1.04 bits per heavy atom. The fourth-order valence-corrected chi connectivity index (χ4v) is 7.58. The molecule has 4 atom stereocenters. The van der Waals surface area contributed by atoms with E-state index in [1.54, 1.807) is 32.3 Å². The zero-order chi connectivity index (χ0) is 34.7. The predicted octanol–water partition coefficient (Wildman–Crippen LogP) is 3.23. The molecule has 6 rings (SSSR count). The van der Waals surface area contributed by atoms with Crippen LogP contribution in [0.2, 0.25) is 0 Å². The number of allylic oxidation sites excluding steroid dienone is 1. The molecule has 3 aromatic carbocycles. The van der Waals surface area contributed by atoms with Crippen LogP contribution < -0.4 is 15.8 Å². The number of phenols is 1. The van der Waals surface area contributed by atoms with E-state index in [4.69, 9.17) is 10.5 Å². The van der Waals surface area contributed by atoms with E-state index in [0.717, 1.165) is 11.1 Å². The summed E-state index contributed by atoms with van der Waals surface area (Å²) in [5.41, 5.74) is 4.89. The molecule has 0 saturated carbocycles. The summed E-state index contributed by atoms with van der Waals surface area (Å²) in [6, 6.07) is 13.8. The molecule has 12 heteroatoms. The summed E-state index contributed by atoms with van der Waals surface area (Å²) in [5.74, 6) is -6.91. The number of fused-ring (bicyclic) bond motifs is 3. The fraction of sp³-hybridized carbons (Fsp3) is 0.306. The Hall–Kier alpha value is -5.04. The van der Waals surface area contributed by atoms with Gasteiger partial charge in [-0.25, -0.2) is 4.39 Å². The molecule has 0 saturated heterocycles. The number of rotatable bonds is 8. The number of likely N-dealkylation sites (N-methyl/N-ethyl adjacent to an activating group) is 1. The molecule has 11 nitrogen and oxygen atoms in total. The molecular weight excluding hydrogens is 621 g/mol. The minimum atomic E-state index is -2.71. The Morgan fingerprint density at radius 3 is 2.40 bits per heavy atom. The van der Waals surface area contributed by atoms with Crippen LogP contribution in [0.3, 0.4) is 0 Å². The number of benzene rings is 3. The van der Waals surface area contributed by atoms with Gasteiger partial charge in [0.25, 0.3) is 5.91 Å². The summed E-state index contributed by atoms with van der Waals surface area (Å²) < 4.78 is 19.3. The molecule has 0 heterocycles. The molecule has 0 fully saturated rings. The van der Waals surface area contributed by atoms with E-state index >= 15 is 0 Å². The Balaban J connectivity index is 1.42. The Morgan fingerprint density at radius 2 is 1.75 bits per heavy atom. The van der Waals surface area contributed by atoms with Gasteiger partial charge in [-0.3, -0.25) is 19.3 Å². The summed E-state index contributed by atoms with van der Waals surface area (Å²) in [6.07, 6.45) is 0.103. The lowest BCUT2D eigenvalue weighted by molar-refractivity contribution is -0.148. The highest BCUT2D eigenvalue weighted by Gasteiger charge is 2.63. The molecule has 0 spiro atoms. The van der Waals surface area contributed by atoms with Crippen molar-refractivity contribution in [2.45, 2.75) is 37.6 Å². The number of hydrogen-bond acceptors (Lipinski definition) is 10. The van der Waals surface area contributed by atoms with Gasteiger partial charge in [0.1, 0.15) is 34.4 Å². The van der Waals surface area contributed by atoms with Crippen LogP contribution in [0.25, 0.3) is 11.1 Å². The van der Waals surface area contributed by atoms with Gasteiger partial charge in [0.2, 0.25) is 5.78 Å². The normalized spacial score (nSPS) is 23.6. The van der Waals surface area contributed by atoms with Gasteiger partial charge in [-0.1, -0.05) is 24.3 Å². The average Bonchev–Trinajstić information content (AvgIpc) is 3.02. The number of ketones is 2. The van der Waals surface area contributed by atoms with Crippen LogP contribution >= 0.6 is 0 Å². The first kappa shape index (κ1) is 32.9. The maximum absolute atomic E-state index is 14.2. The molecule has 7 N–H and O–H groups in total. The van der Waals surface area contributed by atoms with Crippen molar-refractivity contribution in [1.82, 2.24) is 10.2 Å². The van der Waals surface area contributed by atoms with Crippen molar-refractivity contribution in [3.8, 4) is 22.6 Å². The number of ether oxygens (including phenoxy) is 1. The summed E-state index contributed by atoms with van der Waals surface area (Å²) in [4.78, 5) is 41.5. The van der Waals surface area contributed by atoms with Crippen LogP contribution in [0.15, 0.2) is 77.3 Å². The third-order valence-electron chi connectivity index (χ3n) is 9.71. The summed E-state index contributed by atoms with van der Waals surface area (Å²) in [5, 5.41) is 48.7. The lowest BCUT2D eigenvalue weighted by Gasteiger charge is -2.50. The Kier molecular flexibility index (Phi) is 8.36. The number of nitrogens with two attached hydrogens (primary N) is 1. The molecule has 1 amide bonds. The number of Topliss-reactive ketones (excluding diaryl/α,β-unsaturated/α-hetero) is 2. The monoisotopic (exact) mass is 657 g/mol. The number of halogens is 1. The number of aromatic hydroxyl groups is 1. The molecule has 3 aliphatic rings. The molecule has 3 aromatic rings. The van der Waals surface area contributed by atoms with Crippen LogP contribution in [0.4, 0.5) is 4.39 Å². The molecule has 3 aliphatic carbocycles. The zero-order valence-corrected chi connectivity index (χ0v) is 26.6. The van der Waals surface area contributed by atoms with E-state index < -0.39 is 58.0 Å². The van der Waals surface area contributed by atoms with Crippen molar-refractivity contribution in [3.05, 3.63) is 105 Å².